The molecule has 0 aliphatic rings. The molecule has 56 valence electrons. The number of rotatable bonds is 2. The van der Waals surface area contributed by atoms with Crippen molar-refractivity contribution in [3.05, 3.63) is 19.8 Å². The Bertz CT molecular complexity index is 204. The van der Waals surface area contributed by atoms with Crippen molar-refractivity contribution in [2.75, 3.05) is 6.54 Å². The van der Waals surface area contributed by atoms with Gasteiger partial charge in [0.15, 0.2) is 0 Å². The van der Waals surface area contributed by atoms with Gasteiger partial charge in [-0.15, -0.1) is 11.3 Å². The lowest BCUT2D eigenvalue weighted by Crippen LogP contribution is -2.00. The third kappa shape index (κ3) is 1.95. The zero-order valence-electron chi connectivity index (χ0n) is 5.23. The largest absolute Gasteiger partial charge is 0.330 e. The first-order chi connectivity index (χ1) is 4.74. The van der Waals surface area contributed by atoms with Gasteiger partial charge in [0.2, 0.25) is 0 Å². The smallest absolute Gasteiger partial charge is 0.107 e. The van der Waals surface area contributed by atoms with Gasteiger partial charge in [0.05, 0.1) is 0 Å². The zero-order valence-corrected chi connectivity index (χ0v) is 8.39. The summed E-state index contributed by atoms with van der Waals surface area (Å²) < 4.78 is 1.78. The first-order valence-electron chi connectivity index (χ1n) is 2.88. The van der Waals surface area contributed by atoms with Gasteiger partial charge in [0, 0.05) is 9.35 Å². The first-order valence-corrected chi connectivity index (χ1v) is 4.86. The van der Waals surface area contributed by atoms with Gasteiger partial charge in [-0.05, 0) is 35.0 Å². The summed E-state index contributed by atoms with van der Waals surface area (Å²) in [4.78, 5) is 1.24. The van der Waals surface area contributed by atoms with Crippen LogP contribution in [0.25, 0.3) is 0 Å². The minimum atomic E-state index is 0.684. The van der Waals surface area contributed by atoms with E-state index in [0.717, 1.165) is 15.2 Å². The molecule has 0 bridgehead atoms. The molecule has 0 aliphatic heterocycles. The van der Waals surface area contributed by atoms with Crippen LogP contribution in [0.5, 0.6) is 0 Å². The van der Waals surface area contributed by atoms with Crippen molar-refractivity contribution in [2.24, 2.45) is 5.73 Å². The highest BCUT2D eigenvalue weighted by molar-refractivity contribution is 9.10. The maximum absolute atomic E-state index is 5.80. The van der Waals surface area contributed by atoms with E-state index < -0.39 is 0 Å². The van der Waals surface area contributed by atoms with E-state index in [1.807, 2.05) is 6.07 Å². The van der Waals surface area contributed by atoms with Gasteiger partial charge >= 0.3 is 0 Å². The number of nitrogens with two attached hydrogens (primary N) is 1. The van der Waals surface area contributed by atoms with E-state index in [4.69, 9.17) is 17.3 Å². The van der Waals surface area contributed by atoms with Gasteiger partial charge < -0.3 is 5.73 Å². The molecule has 4 heteroatoms. The number of hydrogen-bond acceptors (Lipinski definition) is 2. The van der Waals surface area contributed by atoms with Crippen LogP contribution in [0.1, 0.15) is 4.88 Å². The van der Waals surface area contributed by atoms with Crippen LogP contribution in [-0.2, 0) is 6.42 Å². The predicted octanol–water partition coefficient (Wildman–Crippen LogP) is 2.67. The fourth-order valence-electron chi connectivity index (χ4n) is 0.657. The quantitative estimate of drug-likeness (QED) is 0.845. The molecular weight excluding hydrogens is 233 g/mol. The highest BCUT2D eigenvalue weighted by atomic mass is 79.9. The molecule has 0 aromatic carbocycles. The molecule has 10 heavy (non-hydrogen) atoms. The lowest BCUT2D eigenvalue weighted by atomic mass is 10.3. The molecule has 1 rings (SSSR count). The van der Waals surface area contributed by atoms with Gasteiger partial charge in [-0.25, -0.2) is 0 Å². The van der Waals surface area contributed by atoms with Crippen molar-refractivity contribution in [1.82, 2.24) is 0 Å². The summed E-state index contributed by atoms with van der Waals surface area (Å²) in [5.41, 5.74) is 5.37. The normalized spacial score (nSPS) is 10.3. The summed E-state index contributed by atoms with van der Waals surface area (Å²) >= 11 is 10.7. The predicted molar refractivity (Wildman–Crippen MR) is 49.8 cm³/mol. The van der Waals surface area contributed by atoms with E-state index >= 15 is 0 Å². The molecule has 0 saturated heterocycles. The van der Waals surface area contributed by atoms with E-state index in [9.17, 15) is 0 Å². The Labute approximate surface area is 77.3 Å². The van der Waals surface area contributed by atoms with E-state index in [1.165, 1.54) is 4.88 Å². The number of hydrogen-bond donors (Lipinski definition) is 1. The van der Waals surface area contributed by atoms with Gasteiger partial charge in [-0.3, -0.25) is 0 Å². The summed E-state index contributed by atoms with van der Waals surface area (Å²) in [7, 11) is 0. The average molecular weight is 241 g/mol. The lowest BCUT2D eigenvalue weighted by molar-refractivity contribution is 0.988. The van der Waals surface area contributed by atoms with Gasteiger partial charge in [-0.2, -0.15) is 0 Å². The highest BCUT2D eigenvalue weighted by Crippen LogP contribution is 2.31. The molecule has 0 saturated carbocycles. The fraction of sp³-hybridized carbons (Fsp3) is 0.333. The second kappa shape index (κ2) is 3.72. The monoisotopic (exact) mass is 239 g/mol. The van der Waals surface area contributed by atoms with Crippen molar-refractivity contribution in [3.63, 3.8) is 0 Å². The van der Waals surface area contributed by atoms with Crippen LogP contribution in [0.3, 0.4) is 0 Å². The van der Waals surface area contributed by atoms with Crippen LogP contribution < -0.4 is 5.73 Å². The van der Waals surface area contributed by atoms with Gasteiger partial charge in [0.25, 0.3) is 0 Å². The molecule has 0 aliphatic carbocycles. The Balaban J connectivity index is 2.77. The minimum absolute atomic E-state index is 0.684. The van der Waals surface area contributed by atoms with Crippen molar-refractivity contribution in [3.8, 4) is 0 Å². The van der Waals surface area contributed by atoms with Crippen LogP contribution >= 0.6 is 38.9 Å². The van der Waals surface area contributed by atoms with Crippen LogP contribution in [0, 0.1) is 0 Å². The van der Waals surface area contributed by atoms with E-state index in [2.05, 4.69) is 15.9 Å². The second-order valence-corrected chi connectivity index (χ2v) is 4.47. The summed E-state index contributed by atoms with van der Waals surface area (Å²) in [5, 5.41) is 0. The molecule has 0 unspecified atom stereocenters. The molecule has 0 amide bonds. The van der Waals surface area contributed by atoms with Crippen molar-refractivity contribution >= 4 is 38.9 Å². The maximum atomic E-state index is 5.80. The highest BCUT2D eigenvalue weighted by Gasteiger charge is 2.02. The lowest BCUT2D eigenvalue weighted by Gasteiger charge is -1.86. The van der Waals surface area contributed by atoms with Crippen molar-refractivity contribution in [2.45, 2.75) is 6.42 Å². The summed E-state index contributed by atoms with van der Waals surface area (Å²) in [6.07, 6.45) is 0.913. The van der Waals surface area contributed by atoms with Crippen LogP contribution in [0.15, 0.2) is 10.5 Å². The Morgan fingerprint density at radius 3 is 2.80 bits per heavy atom. The molecule has 0 atom stereocenters. The molecule has 1 aromatic rings. The summed E-state index contributed by atoms with van der Waals surface area (Å²) in [6, 6.07) is 2.01. The van der Waals surface area contributed by atoms with Crippen LogP contribution in [0.2, 0.25) is 4.34 Å². The van der Waals surface area contributed by atoms with Crippen molar-refractivity contribution < 1.29 is 0 Å². The van der Waals surface area contributed by atoms with E-state index in [0.29, 0.717) is 6.54 Å². The molecular formula is C6H7BrClNS. The van der Waals surface area contributed by atoms with Gasteiger partial charge in [-0.1, -0.05) is 11.6 Å². The Kier molecular flexibility index (Phi) is 3.17. The molecule has 0 radical (unpaired) electrons. The third-order valence-corrected chi connectivity index (χ3v) is 3.62. The molecule has 0 fully saturated rings. The van der Waals surface area contributed by atoms with E-state index in [1.54, 1.807) is 11.3 Å². The third-order valence-electron chi connectivity index (χ3n) is 1.09. The Hall–Kier alpha value is 0.430. The van der Waals surface area contributed by atoms with Crippen LogP contribution in [0.4, 0.5) is 0 Å². The van der Waals surface area contributed by atoms with Gasteiger partial charge in [0.1, 0.15) is 4.34 Å². The topological polar surface area (TPSA) is 26.0 Å². The molecule has 2 N–H and O–H groups in total. The standard InChI is InChI=1S/C6H7BrClNS/c7-5-3-4(1-2-9)10-6(5)8/h3H,1-2,9H2. The van der Waals surface area contributed by atoms with Crippen molar-refractivity contribution in [1.29, 1.82) is 0 Å². The fourth-order valence-corrected chi connectivity index (χ4v) is 2.46. The second-order valence-electron chi connectivity index (χ2n) is 1.87. The molecule has 1 heterocycles. The first kappa shape index (κ1) is 8.53. The Morgan fingerprint density at radius 2 is 2.40 bits per heavy atom. The van der Waals surface area contributed by atoms with E-state index in [-0.39, 0.29) is 0 Å². The average Bonchev–Trinajstić information content (AvgIpc) is 2.14. The van der Waals surface area contributed by atoms with Crippen LogP contribution in [-0.4, -0.2) is 6.54 Å². The molecule has 1 aromatic heterocycles. The summed E-state index contributed by atoms with van der Waals surface area (Å²) in [6.45, 7) is 0.684. The molecule has 0 spiro atoms. The molecule has 1 nitrogen and oxygen atoms in total. The maximum Gasteiger partial charge on any atom is 0.107 e. The number of thiophene rings is 1. The number of halogens is 2. The Morgan fingerprint density at radius 1 is 1.70 bits per heavy atom. The zero-order chi connectivity index (χ0) is 7.56. The SMILES string of the molecule is NCCc1cc(Br)c(Cl)s1. The minimum Gasteiger partial charge on any atom is -0.330 e. The summed E-state index contributed by atoms with van der Waals surface area (Å²) in [5.74, 6) is 0.